The fourth-order valence-corrected chi connectivity index (χ4v) is 3.06. The summed E-state index contributed by atoms with van der Waals surface area (Å²) in [5.41, 5.74) is 0.755. The molecule has 1 aromatic rings. The zero-order chi connectivity index (χ0) is 19.6. The highest BCUT2D eigenvalue weighted by Crippen LogP contribution is 2.40. The number of unbranched alkanes of at least 4 members (excludes halogenated alkanes) is 2. The molecule has 7 heteroatoms. The maximum absolute atomic E-state index is 11.5. The van der Waals surface area contributed by atoms with Crippen LogP contribution in [0.1, 0.15) is 52.4 Å². The van der Waals surface area contributed by atoms with E-state index in [0.29, 0.717) is 24.7 Å². The van der Waals surface area contributed by atoms with E-state index in [1.165, 1.54) is 6.07 Å². The van der Waals surface area contributed by atoms with Crippen LogP contribution in [0, 0.1) is 10.1 Å². The minimum absolute atomic E-state index is 0.0492. The Morgan fingerprint density at radius 3 is 2.41 bits per heavy atom. The van der Waals surface area contributed by atoms with E-state index in [2.05, 4.69) is 13.8 Å². The molecule has 1 heterocycles. The molecule has 7 nitrogen and oxygen atoms in total. The molecule has 0 unspecified atom stereocenters. The fraction of sp³-hybridized carbons (Fsp3) is 0.700. The second kappa shape index (κ2) is 11.0. The van der Waals surface area contributed by atoms with Crippen molar-refractivity contribution in [2.24, 2.45) is 0 Å². The van der Waals surface area contributed by atoms with Crippen LogP contribution >= 0.6 is 0 Å². The summed E-state index contributed by atoms with van der Waals surface area (Å²) < 4.78 is 17.4. The van der Waals surface area contributed by atoms with Crippen molar-refractivity contribution in [3.63, 3.8) is 0 Å². The predicted molar refractivity (Wildman–Crippen MR) is 106 cm³/mol. The lowest BCUT2D eigenvalue weighted by Crippen LogP contribution is -2.29. The zero-order valence-corrected chi connectivity index (χ0v) is 16.7. The van der Waals surface area contributed by atoms with Crippen LogP contribution in [0.3, 0.4) is 0 Å². The number of hydrogen-bond acceptors (Lipinski definition) is 6. The Kier molecular flexibility index (Phi) is 8.64. The average molecular weight is 380 g/mol. The van der Waals surface area contributed by atoms with Crippen molar-refractivity contribution in [2.45, 2.75) is 58.5 Å². The molecule has 0 aromatic heterocycles. The number of ether oxygens (including phenoxy) is 3. The molecule has 27 heavy (non-hydrogen) atoms. The smallest absolute Gasteiger partial charge is 0.314 e. The molecule has 0 aliphatic carbocycles. The molecular formula is C20H32N2O5. The summed E-state index contributed by atoms with van der Waals surface area (Å²) in [6, 6.07) is 3.24. The van der Waals surface area contributed by atoms with Gasteiger partial charge in [-0.25, -0.2) is 0 Å². The van der Waals surface area contributed by atoms with E-state index in [1.54, 1.807) is 6.07 Å². The van der Waals surface area contributed by atoms with Crippen LogP contribution in [0.2, 0.25) is 0 Å². The number of nitro groups is 1. The Labute approximate surface area is 161 Å². The van der Waals surface area contributed by atoms with E-state index in [-0.39, 0.29) is 11.8 Å². The monoisotopic (exact) mass is 380 g/mol. The van der Waals surface area contributed by atoms with E-state index in [4.69, 9.17) is 14.2 Å². The summed E-state index contributed by atoms with van der Waals surface area (Å²) in [6.07, 6.45) is 6.01. The minimum atomic E-state index is -0.405. The van der Waals surface area contributed by atoms with Crippen molar-refractivity contribution in [2.75, 3.05) is 38.3 Å². The lowest BCUT2D eigenvalue weighted by Gasteiger charge is -2.25. The Bertz CT molecular complexity index is 602. The van der Waals surface area contributed by atoms with Gasteiger partial charge in [-0.15, -0.1) is 0 Å². The molecule has 0 spiro atoms. The number of likely N-dealkylation sites (N-methyl/N-ethyl adjacent to an activating group) is 1. The van der Waals surface area contributed by atoms with Gasteiger partial charge in [0.1, 0.15) is 5.75 Å². The lowest BCUT2D eigenvalue weighted by atomic mass is 10.2. The van der Waals surface area contributed by atoms with Crippen LogP contribution in [0.4, 0.5) is 11.4 Å². The van der Waals surface area contributed by atoms with Gasteiger partial charge in [0, 0.05) is 26.3 Å². The number of rotatable bonds is 12. The van der Waals surface area contributed by atoms with E-state index in [0.717, 1.165) is 57.4 Å². The van der Waals surface area contributed by atoms with Crippen LogP contribution in [0.15, 0.2) is 12.1 Å². The van der Waals surface area contributed by atoms with E-state index >= 15 is 0 Å². The first-order valence-electron chi connectivity index (χ1n) is 9.97. The Balaban J connectivity index is 2.29. The third-order valence-corrected chi connectivity index (χ3v) is 4.66. The molecule has 0 N–H and O–H groups in total. The quantitative estimate of drug-likeness (QED) is 0.300. The Hall–Kier alpha value is -2.02. The molecule has 2 rings (SSSR count). The first kappa shape index (κ1) is 21.3. The molecule has 0 saturated carbocycles. The maximum atomic E-state index is 11.5. The van der Waals surface area contributed by atoms with Crippen molar-refractivity contribution in [1.82, 2.24) is 0 Å². The minimum Gasteiger partial charge on any atom is -0.491 e. The van der Waals surface area contributed by atoms with Gasteiger partial charge in [-0.3, -0.25) is 10.1 Å². The predicted octanol–water partition coefficient (Wildman–Crippen LogP) is 4.57. The zero-order valence-electron chi connectivity index (χ0n) is 16.7. The number of nitrogens with zero attached hydrogens (tertiary/aromatic N) is 2. The SMILES string of the molecule is CCCCOc1cc([N+](=O)[O-])c(OCCCC)cc1N(C)C[C@H]1CCCO1. The van der Waals surface area contributed by atoms with Gasteiger partial charge in [0.2, 0.25) is 0 Å². The van der Waals surface area contributed by atoms with Gasteiger partial charge < -0.3 is 19.1 Å². The largest absolute Gasteiger partial charge is 0.491 e. The van der Waals surface area contributed by atoms with Gasteiger partial charge in [-0.2, -0.15) is 0 Å². The van der Waals surface area contributed by atoms with Gasteiger partial charge in [-0.05, 0) is 25.7 Å². The molecular weight excluding hydrogens is 348 g/mol. The van der Waals surface area contributed by atoms with Crippen LogP contribution in [-0.2, 0) is 4.74 Å². The normalized spacial score (nSPS) is 16.3. The van der Waals surface area contributed by atoms with Crippen LogP contribution < -0.4 is 14.4 Å². The first-order chi connectivity index (χ1) is 13.1. The molecule has 1 aliphatic rings. The van der Waals surface area contributed by atoms with Gasteiger partial charge >= 0.3 is 5.69 Å². The molecule has 1 aliphatic heterocycles. The van der Waals surface area contributed by atoms with Gasteiger partial charge in [0.05, 0.1) is 36.0 Å². The summed E-state index contributed by atoms with van der Waals surface area (Å²) in [4.78, 5) is 13.2. The third-order valence-electron chi connectivity index (χ3n) is 4.66. The molecule has 0 radical (unpaired) electrons. The molecule has 1 fully saturated rings. The summed E-state index contributed by atoms with van der Waals surface area (Å²) in [7, 11) is 1.96. The van der Waals surface area contributed by atoms with Crippen molar-refractivity contribution in [3.8, 4) is 11.5 Å². The van der Waals surface area contributed by atoms with E-state index in [9.17, 15) is 10.1 Å². The van der Waals surface area contributed by atoms with E-state index in [1.807, 2.05) is 11.9 Å². The van der Waals surface area contributed by atoms with Gasteiger partial charge in [0.15, 0.2) is 5.75 Å². The van der Waals surface area contributed by atoms with E-state index < -0.39 is 4.92 Å². The number of benzene rings is 1. The molecule has 1 atom stereocenters. The number of nitro benzene ring substituents is 1. The summed E-state index contributed by atoms with van der Waals surface area (Å²) in [5, 5.41) is 11.5. The summed E-state index contributed by atoms with van der Waals surface area (Å²) in [6.45, 7) is 6.65. The molecule has 1 aromatic carbocycles. The van der Waals surface area contributed by atoms with Crippen LogP contribution in [0.25, 0.3) is 0 Å². The molecule has 0 bridgehead atoms. The van der Waals surface area contributed by atoms with Crippen LogP contribution in [-0.4, -0.2) is 44.4 Å². The molecule has 152 valence electrons. The van der Waals surface area contributed by atoms with Crippen molar-refractivity contribution in [1.29, 1.82) is 0 Å². The molecule has 1 saturated heterocycles. The van der Waals surface area contributed by atoms with Crippen molar-refractivity contribution in [3.05, 3.63) is 22.2 Å². The van der Waals surface area contributed by atoms with Crippen LogP contribution in [0.5, 0.6) is 11.5 Å². The van der Waals surface area contributed by atoms with Crippen molar-refractivity contribution < 1.29 is 19.1 Å². The Morgan fingerprint density at radius 2 is 1.85 bits per heavy atom. The first-order valence-corrected chi connectivity index (χ1v) is 9.97. The van der Waals surface area contributed by atoms with Gasteiger partial charge in [0.25, 0.3) is 0 Å². The second-order valence-corrected chi connectivity index (χ2v) is 6.96. The third kappa shape index (κ3) is 6.27. The van der Waals surface area contributed by atoms with Crippen molar-refractivity contribution >= 4 is 11.4 Å². The summed E-state index contributed by atoms with van der Waals surface area (Å²) in [5.74, 6) is 0.823. The number of hydrogen-bond donors (Lipinski definition) is 0. The van der Waals surface area contributed by atoms with Gasteiger partial charge in [-0.1, -0.05) is 26.7 Å². The molecule has 0 amide bonds. The highest BCUT2D eigenvalue weighted by Gasteiger charge is 2.24. The standard InChI is InChI=1S/C20H32N2O5/c1-4-6-10-26-19-14-18(22(23)24)20(27-11-7-5-2)13-17(19)21(3)15-16-9-8-12-25-16/h13-14,16H,4-12,15H2,1-3H3/t16-/m1/s1. The topological polar surface area (TPSA) is 74.1 Å². The average Bonchev–Trinajstić information content (AvgIpc) is 3.15. The Morgan fingerprint density at radius 1 is 1.19 bits per heavy atom. The second-order valence-electron chi connectivity index (χ2n) is 6.96. The lowest BCUT2D eigenvalue weighted by molar-refractivity contribution is -0.385. The number of anilines is 1. The highest BCUT2D eigenvalue weighted by atomic mass is 16.6. The summed E-state index contributed by atoms with van der Waals surface area (Å²) >= 11 is 0. The highest BCUT2D eigenvalue weighted by molar-refractivity contribution is 5.68. The maximum Gasteiger partial charge on any atom is 0.314 e. The fourth-order valence-electron chi connectivity index (χ4n) is 3.06.